The van der Waals surface area contributed by atoms with E-state index < -0.39 is 5.82 Å². The van der Waals surface area contributed by atoms with Gasteiger partial charge in [0.05, 0.1) is 48.2 Å². The number of H-pyrrole nitrogens is 1. The van der Waals surface area contributed by atoms with Gasteiger partial charge in [0.1, 0.15) is 0 Å². The molecule has 0 radical (unpaired) electrons. The van der Waals surface area contributed by atoms with Crippen molar-refractivity contribution in [2.24, 2.45) is 0 Å². The molecule has 8 nitrogen and oxygen atoms in total. The number of hydrogen-bond acceptors (Lipinski definition) is 6. The van der Waals surface area contributed by atoms with Gasteiger partial charge in [-0.3, -0.25) is 9.78 Å². The normalized spacial score (nSPS) is 18.0. The number of ether oxygens (including phenoxy) is 2. The lowest BCUT2D eigenvalue weighted by molar-refractivity contribution is 0.0893. The molecule has 2 aromatic heterocycles. The van der Waals surface area contributed by atoms with Crippen LogP contribution in [0.2, 0.25) is 0 Å². The minimum absolute atomic E-state index is 0.0274. The minimum Gasteiger partial charge on any atom is -0.492 e. The average Bonchev–Trinajstić information content (AvgIpc) is 3.20. The molecule has 2 aliphatic heterocycles. The highest BCUT2D eigenvalue weighted by Crippen LogP contribution is 2.43. The predicted octanol–water partition coefficient (Wildman–Crippen LogP) is 4.02. The van der Waals surface area contributed by atoms with Crippen LogP contribution in [0, 0.1) is 5.82 Å². The van der Waals surface area contributed by atoms with Gasteiger partial charge in [-0.15, -0.1) is 0 Å². The molecular weight excluding hydrogens is 425 g/mol. The number of pyridine rings is 1. The molecule has 5 rings (SSSR count). The maximum Gasteiger partial charge on any atom is 0.255 e. The number of methoxy groups -OCH3 is 1. The van der Waals surface area contributed by atoms with Crippen LogP contribution in [0.3, 0.4) is 0 Å². The molecule has 1 atom stereocenters. The van der Waals surface area contributed by atoms with Gasteiger partial charge in [-0.2, -0.15) is 0 Å². The maximum atomic E-state index is 14.4. The lowest BCUT2D eigenvalue weighted by Crippen LogP contribution is -2.36. The Morgan fingerprint density at radius 3 is 3.03 bits per heavy atom. The third kappa shape index (κ3) is 4.00. The number of hydrogen-bond donors (Lipinski definition) is 4. The van der Waals surface area contributed by atoms with Crippen molar-refractivity contribution in [2.75, 3.05) is 44.0 Å². The van der Waals surface area contributed by atoms with E-state index in [0.29, 0.717) is 36.7 Å². The molecule has 1 aromatic carbocycles. The highest BCUT2D eigenvalue weighted by atomic mass is 19.1. The Balaban J connectivity index is 1.71. The summed E-state index contributed by atoms with van der Waals surface area (Å²) in [6, 6.07) is 6.55. The van der Waals surface area contributed by atoms with Crippen LogP contribution in [0.5, 0.6) is 5.75 Å². The van der Waals surface area contributed by atoms with Gasteiger partial charge < -0.3 is 30.4 Å². The Morgan fingerprint density at radius 2 is 2.15 bits per heavy atom. The van der Waals surface area contributed by atoms with Crippen molar-refractivity contribution in [3.63, 3.8) is 0 Å². The van der Waals surface area contributed by atoms with E-state index in [2.05, 4.69) is 25.9 Å². The molecule has 0 saturated carbocycles. The lowest BCUT2D eigenvalue weighted by Gasteiger charge is -2.24. The summed E-state index contributed by atoms with van der Waals surface area (Å²) in [5, 5.41) is 9.71. The molecule has 0 spiro atoms. The lowest BCUT2D eigenvalue weighted by atomic mass is 9.96. The number of nitrogens with one attached hydrogen (secondary N) is 4. The highest BCUT2D eigenvalue weighted by molar-refractivity contribution is 6.07. The van der Waals surface area contributed by atoms with Gasteiger partial charge in [0.2, 0.25) is 0 Å². The second-order valence-corrected chi connectivity index (χ2v) is 8.15. The van der Waals surface area contributed by atoms with E-state index in [9.17, 15) is 9.18 Å². The molecule has 33 heavy (non-hydrogen) atoms. The molecule has 3 aromatic rings. The van der Waals surface area contributed by atoms with Crippen LogP contribution in [0.1, 0.15) is 34.8 Å². The summed E-state index contributed by atoms with van der Waals surface area (Å²) in [6.07, 6.45) is 5.39. The van der Waals surface area contributed by atoms with Crippen molar-refractivity contribution in [1.29, 1.82) is 0 Å². The first-order valence-corrected chi connectivity index (χ1v) is 11.1. The highest BCUT2D eigenvalue weighted by Gasteiger charge is 2.34. The van der Waals surface area contributed by atoms with E-state index in [0.717, 1.165) is 42.0 Å². The van der Waals surface area contributed by atoms with Crippen LogP contribution in [0.4, 0.5) is 21.5 Å². The zero-order valence-corrected chi connectivity index (χ0v) is 18.3. The van der Waals surface area contributed by atoms with E-state index >= 15 is 0 Å². The molecule has 4 heterocycles. The quantitative estimate of drug-likeness (QED) is 0.480. The number of anilines is 3. The van der Waals surface area contributed by atoms with Crippen LogP contribution in [0.15, 0.2) is 36.7 Å². The van der Waals surface area contributed by atoms with Crippen molar-refractivity contribution in [2.45, 2.75) is 18.8 Å². The number of rotatable bonds is 3. The summed E-state index contributed by atoms with van der Waals surface area (Å²) < 4.78 is 25.6. The zero-order valence-electron chi connectivity index (χ0n) is 18.3. The maximum absolute atomic E-state index is 14.4. The first-order chi connectivity index (χ1) is 16.2. The Kier molecular flexibility index (Phi) is 5.87. The van der Waals surface area contributed by atoms with Crippen LogP contribution in [0.25, 0.3) is 11.3 Å². The Morgan fingerprint density at radius 1 is 1.24 bits per heavy atom. The second-order valence-electron chi connectivity index (χ2n) is 8.15. The molecule has 4 N–H and O–H groups in total. The molecule has 0 fully saturated rings. The third-order valence-electron chi connectivity index (χ3n) is 6.04. The third-order valence-corrected chi connectivity index (χ3v) is 6.04. The van der Waals surface area contributed by atoms with Gasteiger partial charge in [-0.25, -0.2) is 4.39 Å². The largest absolute Gasteiger partial charge is 0.492 e. The Hall–Kier alpha value is -3.59. The zero-order chi connectivity index (χ0) is 22.8. The smallest absolute Gasteiger partial charge is 0.255 e. The summed E-state index contributed by atoms with van der Waals surface area (Å²) in [5.41, 5.74) is 4.72. The number of fused-ring (bicyclic) bond motifs is 3. The van der Waals surface area contributed by atoms with Crippen LogP contribution >= 0.6 is 0 Å². The second kappa shape index (κ2) is 9.11. The number of carbonyl (C=O) groups excluding carboxylic acids is 1. The standard InChI is InChI=1S/C24H26FN5O3/c1-32-23-16(25)5-4-6-17(23)29-22-19-20-14(11-28-24(19)31)13-33-10-3-2-8-27-18-12-26-9-7-15(18)21(22)30-20/h4-7,9,12,14,27,29-30H,2-3,8,10-11,13H2,1H3,(H,28,31)/t14-/m1/s1. The molecule has 9 heteroatoms. The molecule has 0 saturated heterocycles. The van der Waals surface area contributed by atoms with Crippen LogP contribution in [-0.2, 0) is 4.74 Å². The Labute approximate surface area is 190 Å². The number of aromatic nitrogens is 2. The van der Waals surface area contributed by atoms with E-state index in [4.69, 9.17) is 9.47 Å². The van der Waals surface area contributed by atoms with Crippen molar-refractivity contribution in [3.05, 3.63) is 53.7 Å². The number of halogens is 1. The minimum atomic E-state index is -0.488. The number of aromatic amines is 1. The summed E-state index contributed by atoms with van der Waals surface area (Å²) in [4.78, 5) is 20.8. The first-order valence-electron chi connectivity index (χ1n) is 11.1. The van der Waals surface area contributed by atoms with E-state index in [1.54, 1.807) is 24.5 Å². The molecular formula is C24H26FN5O3. The first kappa shape index (κ1) is 21.3. The fraction of sp³-hybridized carbons (Fsp3) is 0.333. The molecule has 2 bridgehead atoms. The average molecular weight is 452 g/mol. The molecule has 0 unspecified atom stereocenters. The Bertz CT molecular complexity index is 1180. The van der Waals surface area contributed by atoms with E-state index in [-0.39, 0.29) is 17.6 Å². The van der Waals surface area contributed by atoms with Gasteiger partial charge in [0.25, 0.3) is 5.91 Å². The van der Waals surface area contributed by atoms with Crippen molar-refractivity contribution < 1.29 is 18.7 Å². The summed E-state index contributed by atoms with van der Waals surface area (Å²) in [6.45, 7) is 2.40. The topological polar surface area (TPSA) is 100 Å². The van der Waals surface area contributed by atoms with Gasteiger partial charge in [0.15, 0.2) is 11.6 Å². The number of carbonyl (C=O) groups is 1. The fourth-order valence-corrected chi connectivity index (χ4v) is 4.42. The van der Waals surface area contributed by atoms with Crippen molar-refractivity contribution in [3.8, 4) is 17.0 Å². The monoisotopic (exact) mass is 451 g/mol. The van der Waals surface area contributed by atoms with Gasteiger partial charge in [-0.05, 0) is 31.0 Å². The molecule has 0 aliphatic carbocycles. The molecule has 1 amide bonds. The van der Waals surface area contributed by atoms with E-state index in [1.165, 1.54) is 13.2 Å². The number of nitrogens with zero attached hydrogens (tertiary/aromatic N) is 1. The number of para-hydroxylation sites is 1. The summed E-state index contributed by atoms with van der Waals surface area (Å²) in [7, 11) is 1.42. The summed E-state index contributed by atoms with van der Waals surface area (Å²) >= 11 is 0. The predicted molar refractivity (Wildman–Crippen MR) is 124 cm³/mol. The summed E-state index contributed by atoms with van der Waals surface area (Å²) in [5.74, 6) is -0.632. The fourth-order valence-electron chi connectivity index (χ4n) is 4.42. The van der Waals surface area contributed by atoms with Gasteiger partial charge in [0, 0.05) is 43.1 Å². The van der Waals surface area contributed by atoms with Gasteiger partial charge >= 0.3 is 0 Å². The van der Waals surface area contributed by atoms with Crippen LogP contribution < -0.4 is 20.7 Å². The number of benzene rings is 1. The SMILES string of the molecule is COc1c(F)cccc1Nc1c2[nH]c3c1C(=O)NC[C@@H]3COCCCCNc1cnccc1-2. The van der Waals surface area contributed by atoms with Gasteiger partial charge in [-0.1, -0.05) is 6.07 Å². The van der Waals surface area contributed by atoms with E-state index in [1.807, 2.05) is 6.07 Å². The molecule has 172 valence electrons. The molecule has 2 aliphatic rings. The number of amides is 1. The van der Waals surface area contributed by atoms with Crippen LogP contribution in [-0.4, -0.2) is 49.3 Å². The van der Waals surface area contributed by atoms with Crippen molar-refractivity contribution >= 4 is 23.0 Å². The van der Waals surface area contributed by atoms with Crippen molar-refractivity contribution in [1.82, 2.24) is 15.3 Å².